The van der Waals surface area contributed by atoms with Gasteiger partial charge in [-0.1, -0.05) is 30.3 Å². The molecule has 3 atom stereocenters. The SMILES string of the molecule is CC(C)(C)OC(=O)[C@@]12CCCN1[C@@H](CCOCc1ccccc1)[C@@H](CO)C2. The third-order valence-electron chi connectivity index (χ3n) is 5.77. The number of rotatable bonds is 7. The second-order valence-electron chi connectivity index (χ2n) is 8.87. The van der Waals surface area contributed by atoms with Crippen molar-refractivity contribution >= 4 is 5.97 Å². The molecule has 0 amide bonds. The molecule has 2 fully saturated rings. The Morgan fingerprint density at radius 2 is 2.04 bits per heavy atom. The number of ether oxygens (including phenoxy) is 2. The lowest BCUT2D eigenvalue weighted by atomic mass is 9.88. The predicted molar refractivity (Wildman–Crippen MR) is 104 cm³/mol. The van der Waals surface area contributed by atoms with E-state index < -0.39 is 11.1 Å². The summed E-state index contributed by atoms with van der Waals surface area (Å²) in [5.74, 6) is -0.0307. The molecule has 0 saturated carbocycles. The highest BCUT2D eigenvalue weighted by Crippen LogP contribution is 2.47. The molecule has 0 spiro atoms. The van der Waals surface area contributed by atoms with E-state index >= 15 is 0 Å². The van der Waals surface area contributed by atoms with Crippen molar-refractivity contribution in [1.29, 1.82) is 0 Å². The molecule has 27 heavy (non-hydrogen) atoms. The van der Waals surface area contributed by atoms with Crippen molar-refractivity contribution in [2.24, 2.45) is 5.92 Å². The molecule has 2 aliphatic rings. The van der Waals surface area contributed by atoms with Crippen LogP contribution in [0.25, 0.3) is 0 Å². The first kappa shape index (κ1) is 20.3. The van der Waals surface area contributed by atoms with Gasteiger partial charge >= 0.3 is 5.97 Å². The summed E-state index contributed by atoms with van der Waals surface area (Å²) in [6, 6.07) is 10.3. The predicted octanol–water partition coefficient (Wildman–Crippen LogP) is 3.15. The Morgan fingerprint density at radius 3 is 2.70 bits per heavy atom. The van der Waals surface area contributed by atoms with Crippen LogP contribution in [0.5, 0.6) is 0 Å². The van der Waals surface area contributed by atoms with Crippen molar-refractivity contribution in [2.45, 2.75) is 70.2 Å². The first-order valence-corrected chi connectivity index (χ1v) is 10.1. The van der Waals surface area contributed by atoms with Gasteiger partial charge in [-0.15, -0.1) is 0 Å². The number of carbonyl (C=O) groups is 1. The number of aliphatic hydroxyl groups is 1. The van der Waals surface area contributed by atoms with Gasteiger partial charge in [0.2, 0.25) is 0 Å². The number of esters is 1. The summed E-state index contributed by atoms with van der Waals surface area (Å²) in [7, 11) is 0. The molecule has 3 rings (SSSR count). The quantitative estimate of drug-likeness (QED) is 0.586. The Balaban J connectivity index is 1.62. The first-order chi connectivity index (χ1) is 12.9. The van der Waals surface area contributed by atoms with Crippen LogP contribution in [0.2, 0.25) is 0 Å². The van der Waals surface area contributed by atoms with E-state index in [0.717, 1.165) is 31.4 Å². The van der Waals surface area contributed by atoms with E-state index in [9.17, 15) is 9.90 Å². The lowest BCUT2D eigenvalue weighted by Gasteiger charge is -2.35. The van der Waals surface area contributed by atoms with Crippen LogP contribution in [0.4, 0.5) is 0 Å². The number of fused-ring (bicyclic) bond motifs is 1. The maximum Gasteiger partial charge on any atom is 0.327 e. The number of hydrogen-bond acceptors (Lipinski definition) is 5. The molecule has 2 aliphatic heterocycles. The van der Waals surface area contributed by atoms with Crippen LogP contribution in [-0.2, 0) is 20.9 Å². The van der Waals surface area contributed by atoms with E-state index in [1.807, 2.05) is 39.0 Å². The third-order valence-corrected chi connectivity index (χ3v) is 5.77. The van der Waals surface area contributed by atoms with Gasteiger partial charge in [-0.2, -0.15) is 0 Å². The lowest BCUT2D eigenvalue weighted by molar-refractivity contribution is -0.167. The summed E-state index contributed by atoms with van der Waals surface area (Å²) in [6.45, 7) is 7.94. The van der Waals surface area contributed by atoms with Gasteiger partial charge in [0, 0.05) is 19.3 Å². The van der Waals surface area contributed by atoms with E-state index in [-0.39, 0.29) is 24.5 Å². The standard InChI is InChI=1S/C22H33NO4/c1-21(2,3)27-20(25)22-11-7-12-23(22)19(18(14-22)15-24)10-13-26-16-17-8-5-4-6-9-17/h4-6,8-9,18-19,24H,7,10-16H2,1-3H3/t18-,19+,22+/m1/s1. The fourth-order valence-electron chi connectivity index (χ4n) is 4.65. The molecule has 150 valence electrons. The highest BCUT2D eigenvalue weighted by atomic mass is 16.6. The minimum absolute atomic E-state index is 0.0955. The minimum Gasteiger partial charge on any atom is -0.459 e. The third kappa shape index (κ3) is 4.53. The summed E-state index contributed by atoms with van der Waals surface area (Å²) in [5.41, 5.74) is 0.100. The average molecular weight is 376 g/mol. The van der Waals surface area contributed by atoms with E-state index in [0.29, 0.717) is 19.6 Å². The summed E-state index contributed by atoms with van der Waals surface area (Å²) in [6.07, 6.45) is 3.32. The largest absolute Gasteiger partial charge is 0.459 e. The Hall–Kier alpha value is -1.43. The van der Waals surface area contributed by atoms with Crippen LogP contribution in [0.15, 0.2) is 30.3 Å². The monoisotopic (exact) mass is 375 g/mol. The van der Waals surface area contributed by atoms with E-state index in [2.05, 4.69) is 17.0 Å². The van der Waals surface area contributed by atoms with Gasteiger partial charge in [-0.25, -0.2) is 0 Å². The normalized spacial score (nSPS) is 28.3. The number of aliphatic hydroxyl groups excluding tert-OH is 1. The molecule has 5 nitrogen and oxygen atoms in total. The van der Waals surface area contributed by atoms with Gasteiger partial charge in [0.25, 0.3) is 0 Å². The van der Waals surface area contributed by atoms with Crippen LogP contribution in [0, 0.1) is 5.92 Å². The van der Waals surface area contributed by atoms with Crippen molar-refractivity contribution in [1.82, 2.24) is 4.90 Å². The molecule has 0 aliphatic carbocycles. The number of carbonyl (C=O) groups excluding carboxylic acids is 1. The topological polar surface area (TPSA) is 59.0 Å². The Kier molecular flexibility index (Phi) is 6.24. The van der Waals surface area contributed by atoms with E-state index in [1.54, 1.807) is 0 Å². The number of benzene rings is 1. The summed E-state index contributed by atoms with van der Waals surface area (Å²) in [5, 5.41) is 9.94. The van der Waals surface area contributed by atoms with Gasteiger partial charge in [-0.05, 0) is 64.5 Å². The summed E-state index contributed by atoms with van der Waals surface area (Å²) < 4.78 is 11.6. The zero-order valence-corrected chi connectivity index (χ0v) is 16.8. The maximum atomic E-state index is 13.0. The minimum atomic E-state index is -0.565. The molecule has 2 saturated heterocycles. The second-order valence-corrected chi connectivity index (χ2v) is 8.87. The van der Waals surface area contributed by atoms with Gasteiger partial charge < -0.3 is 14.6 Å². The molecule has 0 unspecified atom stereocenters. The van der Waals surface area contributed by atoms with Crippen molar-refractivity contribution in [3.8, 4) is 0 Å². The first-order valence-electron chi connectivity index (χ1n) is 10.1. The smallest absolute Gasteiger partial charge is 0.327 e. The highest BCUT2D eigenvalue weighted by Gasteiger charge is 2.59. The zero-order chi connectivity index (χ0) is 19.5. The molecule has 1 aromatic carbocycles. The van der Waals surface area contributed by atoms with Crippen molar-refractivity contribution in [3.63, 3.8) is 0 Å². The molecular formula is C22H33NO4. The van der Waals surface area contributed by atoms with Crippen LogP contribution in [-0.4, -0.2) is 52.9 Å². The van der Waals surface area contributed by atoms with Gasteiger partial charge in [0.15, 0.2) is 0 Å². The van der Waals surface area contributed by atoms with Crippen molar-refractivity contribution in [3.05, 3.63) is 35.9 Å². The highest BCUT2D eigenvalue weighted by molar-refractivity contribution is 5.82. The van der Waals surface area contributed by atoms with Crippen molar-refractivity contribution < 1.29 is 19.4 Å². The van der Waals surface area contributed by atoms with Gasteiger partial charge in [0.05, 0.1) is 6.61 Å². The van der Waals surface area contributed by atoms with Gasteiger partial charge in [-0.3, -0.25) is 9.69 Å². The maximum absolute atomic E-state index is 13.0. The molecule has 0 aromatic heterocycles. The van der Waals surface area contributed by atoms with Crippen LogP contribution in [0.3, 0.4) is 0 Å². The Morgan fingerprint density at radius 1 is 1.30 bits per heavy atom. The number of nitrogens with zero attached hydrogens (tertiary/aromatic N) is 1. The number of hydrogen-bond donors (Lipinski definition) is 1. The van der Waals surface area contributed by atoms with E-state index in [4.69, 9.17) is 9.47 Å². The molecule has 5 heteroatoms. The molecular weight excluding hydrogens is 342 g/mol. The van der Waals surface area contributed by atoms with E-state index in [1.165, 1.54) is 0 Å². The lowest BCUT2D eigenvalue weighted by Crippen LogP contribution is -2.51. The van der Waals surface area contributed by atoms with Gasteiger partial charge in [0.1, 0.15) is 11.1 Å². The Labute approximate surface area is 162 Å². The summed E-state index contributed by atoms with van der Waals surface area (Å²) >= 11 is 0. The van der Waals surface area contributed by atoms with Crippen LogP contribution in [0.1, 0.15) is 52.0 Å². The van der Waals surface area contributed by atoms with Crippen molar-refractivity contribution in [2.75, 3.05) is 19.8 Å². The zero-order valence-electron chi connectivity index (χ0n) is 16.8. The Bertz CT molecular complexity index is 627. The molecule has 1 aromatic rings. The second kappa shape index (κ2) is 8.29. The summed E-state index contributed by atoms with van der Waals surface area (Å²) in [4.78, 5) is 15.3. The van der Waals surface area contributed by atoms with Crippen LogP contribution >= 0.6 is 0 Å². The molecule has 0 radical (unpaired) electrons. The average Bonchev–Trinajstić information content (AvgIpc) is 3.16. The fraction of sp³-hybridized carbons (Fsp3) is 0.682. The molecule has 0 bridgehead atoms. The van der Waals surface area contributed by atoms with Crippen LogP contribution < -0.4 is 0 Å². The molecule has 1 N–H and O–H groups in total. The molecule has 2 heterocycles. The fourth-order valence-corrected chi connectivity index (χ4v) is 4.65.